The number of ether oxygens (including phenoxy) is 5. The highest BCUT2D eigenvalue weighted by molar-refractivity contribution is 5.76. The molecule has 230 valence electrons. The highest BCUT2D eigenvalue weighted by Crippen LogP contribution is 2.10. The van der Waals surface area contributed by atoms with Gasteiger partial charge in [-0.1, -0.05) is 0 Å². The molecule has 0 aliphatic heterocycles. The van der Waals surface area contributed by atoms with Gasteiger partial charge in [0.2, 0.25) is 17.7 Å². The normalized spacial score (nSPS) is 10.8. The minimum atomic E-state index is -1.10. The van der Waals surface area contributed by atoms with E-state index in [0.29, 0.717) is 19.4 Å². The lowest BCUT2D eigenvalue weighted by Crippen LogP contribution is -2.58. The van der Waals surface area contributed by atoms with Gasteiger partial charge in [0.15, 0.2) is 0 Å². The molecule has 0 aromatic carbocycles. The van der Waals surface area contributed by atoms with Gasteiger partial charge >= 0.3 is 0 Å². The number of aliphatic hydroxyl groups is 2. The average Bonchev–Trinajstić information content (AvgIpc) is 2.92. The molecule has 0 saturated heterocycles. The van der Waals surface area contributed by atoms with Gasteiger partial charge in [-0.05, 0) is 7.05 Å². The fourth-order valence-electron chi connectivity index (χ4n) is 2.91. The zero-order chi connectivity index (χ0) is 29.6. The van der Waals surface area contributed by atoms with E-state index in [9.17, 15) is 19.2 Å². The highest BCUT2D eigenvalue weighted by atomic mass is 16.5. The number of carbonyl (C=O) groups excluding carboxylic acids is 4. The smallest absolute Gasteiger partial charge is 0.222 e. The van der Waals surface area contributed by atoms with Gasteiger partial charge in [0.1, 0.15) is 11.8 Å². The molecule has 0 aromatic rings. The Hall–Kier alpha value is -2.24. The minimum Gasteiger partial charge on any atom is -0.394 e. The molecule has 0 unspecified atom stereocenters. The summed E-state index contributed by atoms with van der Waals surface area (Å²) in [6.45, 7) is 2.93. The third kappa shape index (κ3) is 25.8. The Morgan fingerprint density at radius 1 is 0.718 bits per heavy atom. The van der Waals surface area contributed by atoms with Gasteiger partial charge in [-0.2, -0.15) is 0 Å². The van der Waals surface area contributed by atoms with Crippen molar-refractivity contribution in [3.8, 4) is 0 Å². The van der Waals surface area contributed by atoms with Crippen LogP contribution in [0.4, 0.5) is 0 Å². The molecule has 39 heavy (non-hydrogen) atoms. The second kappa shape index (κ2) is 28.8. The molecule has 0 saturated carbocycles. The largest absolute Gasteiger partial charge is 0.394 e. The number of aldehydes is 1. The first-order valence-corrected chi connectivity index (χ1v) is 12.8. The van der Waals surface area contributed by atoms with Crippen molar-refractivity contribution in [3.05, 3.63) is 0 Å². The lowest BCUT2D eigenvalue weighted by molar-refractivity contribution is -0.128. The lowest BCUT2D eigenvalue weighted by Gasteiger charge is -2.33. The quantitative estimate of drug-likeness (QED) is 0.0458. The number of carbonyl (C=O) groups is 4. The van der Waals surface area contributed by atoms with Crippen molar-refractivity contribution < 1.29 is 53.1 Å². The van der Waals surface area contributed by atoms with Crippen LogP contribution in [0.15, 0.2) is 0 Å². The molecule has 0 aromatic heterocycles. The van der Waals surface area contributed by atoms with Crippen molar-refractivity contribution in [1.82, 2.24) is 16.0 Å². The Morgan fingerprint density at radius 3 is 1.54 bits per heavy atom. The molecule has 0 spiro atoms. The predicted molar refractivity (Wildman–Crippen MR) is 141 cm³/mol. The molecule has 3 amide bonds. The second-order valence-corrected chi connectivity index (χ2v) is 7.95. The molecule has 0 fully saturated rings. The summed E-state index contributed by atoms with van der Waals surface area (Å²) in [4.78, 5) is 46.3. The number of hydrogen-bond acceptors (Lipinski definition) is 12. The van der Waals surface area contributed by atoms with Gasteiger partial charge in [-0.25, -0.2) is 0 Å². The van der Waals surface area contributed by atoms with Crippen LogP contribution in [-0.2, 0) is 42.9 Å². The Morgan fingerprint density at radius 2 is 1.15 bits per heavy atom. The van der Waals surface area contributed by atoms with Crippen LogP contribution in [-0.4, -0.2) is 139 Å². The molecule has 0 aliphatic carbocycles. The van der Waals surface area contributed by atoms with Crippen LogP contribution in [0.1, 0.15) is 26.2 Å². The topological polar surface area (TPSA) is 217 Å². The van der Waals surface area contributed by atoms with Crippen LogP contribution in [0, 0.1) is 0 Å². The van der Waals surface area contributed by atoms with E-state index >= 15 is 0 Å². The molecule has 0 aliphatic rings. The van der Waals surface area contributed by atoms with E-state index in [0.717, 1.165) is 0 Å². The molecular formula is C24H48N4O11. The van der Waals surface area contributed by atoms with Crippen molar-refractivity contribution in [3.63, 3.8) is 0 Å². The highest BCUT2D eigenvalue weighted by Gasteiger charge is 2.33. The van der Waals surface area contributed by atoms with E-state index < -0.39 is 5.54 Å². The van der Waals surface area contributed by atoms with Crippen LogP contribution in [0.5, 0.6) is 0 Å². The van der Waals surface area contributed by atoms with Crippen LogP contribution >= 0.6 is 0 Å². The van der Waals surface area contributed by atoms with Crippen molar-refractivity contribution in [2.75, 3.05) is 99.4 Å². The van der Waals surface area contributed by atoms with Crippen LogP contribution in [0.25, 0.3) is 0 Å². The Kier molecular flexibility index (Phi) is 28.7. The number of rotatable bonds is 26. The maximum atomic E-state index is 11.9. The van der Waals surface area contributed by atoms with Crippen LogP contribution in [0.2, 0.25) is 0 Å². The summed E-state index contributed by atoms with van der Waals surface area (Å²) in [5.74, 6) is -0.847. The first kappa shape index (κ1) is 38.9. The van der Waals surface area contributed by atoms with Crippen LogP contribution in [0.3, 0.4) is 0 Å². The van der Waals surface area contributed by atoms with Gasteiger partial charge in [0.25, 0.3) is 0 Å². The van der Waals surface area contributed by atoms with E-state index in [1.807, 2.05) is 0 Å². The number of aliphatic hydroxyl groups excluding tert-OH is 2. The molecule has 15 heteroatoms. The third-order valence-corrected chi connectivity index (χ3v) is 4.51. The van der Waals surface area contributed by atoms with Crippen molar-refractivity contribution in [2.45, 2.75) is 31.7 Å². The zero-order valence-electron chi connectivity index (χ0n) is 23.2. The average molecular weight is 569 g/mol. The lowest BCUT2D eigenvalue weighted by atomic mass is 10.0. The van der Waals surface area contributed by atoms with Crippen molar-refractivity contribution in [1.29, 1.82) is 0 Å². The van der Waals surface area contributed by atoms with E-state index in [-0.39, 0.29) is 116 Å². The Bertz CT molecular complexity index is 593. The second-order valence-electron chi connectivity index (χ2n) is 7.95. The Balaban J connectivity index is 0. The first-order chi connectivity index (χ1) is 18.9. The number of hydrogen-bond donors (Lipinski definition) is 6. The zero-order valence-corrected chi connectivity index (χ0v) is 23.2. The molecule has 0 atom stereocenters. The molecule has 0 bridgehead atoms. The molecule has 0 heterocycles. The van der Waals surface area contributed by atoms with Crippen LogP contribution < -0.4 is 21.7 Å². The summed E-state index contributed by atoms with van der Waals surface area (Å²) in [6.07, 6.45) is 1.05. The van der Waals surface area contributed by atoms with E-state index in [4.69, 9.17) is 33.9 Å². The maximum absolute atomic E-state index is 11.9. The summed E-state index contributed by atoms with van der Waals surface area (Å²) < 4.78 is 27.0. The number of nitrogens with two attached hydrogens (primary N) is 1. The van der Waals surface area contributed by atoms with Gasteiger partial charge in [0.05, 0.1) is 79.3 Å². The third-order valence-electron chi connectivity index (χ3n) is 4.51. The van der Waals surface area contributed by atoms with Gasteiger partial charge in [0, 0.05) is 39.3 Å². The molecule has 0 rings (SSSR count). The van der Waals surface area contributed by atoms with Crippen molar-refractivity contribution in [2.24, 2.45) is 5.73 Å². The van der Waals surface area contributed by atoms with Crippen molar-refractivity contribution >= 4 is 24.0 Å². The van der Waals surface area contributed by atoms with Gasteiger partial charge in [-0.15, -0.1) is 0 Å². The number of amides is 3. The fraction of sp³-hybridized carbons (Fsp3) is 0.833. The summed E-state index contributed by atoms with van der Waals surface area (Å²) in [5.41, 5.74) is 3.40. The molecular weight excluding hydrogens is 520 g/mol. The number of nitrogens with one attached hydrogen (secondary N) is 3. The summed E-state index contributed by atoms with van der Waals surface area (Å²) in [5, 5.41) is 25.4. The monoisotopic (exact) mass is 568 g/mol. The summed E-state index contributed by atoms with van der Waals surface area (Å²) in [7, 11) is 1.50. The summed E-state index contributed by atoms with van der Waals surface area (Å²) >= 11 is 0. The molecule has 7 N–H and O–H groups in total. The predicted octanol–water partition coefficient (Wildman–Crippen LogP) is -2.89. The van der Waals surface area contributed by atoms with E-state index in [1.165, 1.54) is 14.0 Å². The fourth-order valence-corrected chi connectivity index (χ4v) is 2.91. The van der Waals surface area contributed by atoms with Gasteiger partial charge in [-0.3, -0.25) is 14.4 Å². The standard InChI is InChI=1S/C23H43N3O11.CH5N/c1-20(30)26-23(17-35-10-2-7-27,18-36-11-3-21(31)24-5-13-33-15-8-28)19-37-12-4-22(32)25-6-14-34-16-9-29;1-2/h7,28-29H,2-6,8-19H2,1H3,(H,24,31)(H,25,32)(H,26,30);2H2,1H3. The molecule has 0 radical (unpaired) electrons. The SMILES string of the molecule is CC(=O)NC(COCCC=O)(COCCC(=O)NCCOCCO)COCCC(=O)NCCOCCO.CN. The van der Waals surface area contributed by atoms with E-state index in [1.54, 1.807) is 0 Å². The first-order valence-electron chi connectivity index (χ1n) is 12.8. The maximum Gasteiger partial charge on any atom is 0.222 e. The van der Waals surface area contributed by atoms with Gasteiger partial charge < -0.3 is 60.4 Å². The Labute approximate surface area is 230 Å². The summed E-state index contributed by atoms with van der Waals surface area (Å²) in [6, 6.07) is 0. The molecule has 15 nitrogen and oxygen atoms in total. The minimum absolute atomic E-state index is 0.0107. The van der Waals surface area contributed by atoms with E-state index in [2.05, 4.69) is 21.7 Å².